The molecular formula is C17H20BFN2O2. The first-order valence-electron chi connectivity index (χ1n) is 7.42. The van der Waals surface area contributed by atoms with E-state index in [4.69, 9.17) is 10.0 Å². The van der Waals surface area contributed by atoms with Gasteiger partial charge in [0.2, 0.25) is 0 Å². The van der Waals surface area contributed by atoms with Crippen LogP contribution in [0.4, 0.5) is 10.2 Å². The van der Waals surface area contributed by atoms with Gasteiger partial charge in [-0.2, -0.15) is 0 Å². The Morgan fingerprint density at radius 2 is 1.78 bits per heavy atom. The summed E-state index contributed by atoms with van der Waals surface area (Å²) in [5.74, 6) is 1.72. The highest BCUT2D eigenvalue weighted by molar-refractivity contribution is 6.48. The minimum absolute atomic E-state index is 0.226. The highest BCUT2D eigenvalue weighted by atomic mass is 19.1. The van der Waals surface area contributed by atoms with Crippen molar-refractivity contribution in [3.05, 3.63) is 53.9 Å². The first kappa shape index (κ1) is 17.2. The summed E-state index contributed by atoms with van der Waals surface area (Å²) in [5.41, 5.74) is 2.38. The molecule has 0 bridgehead atoms. The van der Waals surface area contributed by atoms with Crippen LogP contribution in [0.5, 0.6) is 0 Å². The van der Waals surface area contributed by atoms with Gasteiger partial charge in [-0.05, 0) is 49.8 Å². The smallest absolute Gasteiger partial charge is 0.424 e. The first-order chi connectivity index (χ1) is 10.9. The zero-order valence-electron chi connectivity index (χ0n) is 13.4. The predicted molar refractivity (Wildman–Crippen MR) is 92.4 cm³/mol. The monoisotopic (exact) mass is 314 g/mol. The van der Waals surface area contributed by atoms with E-state index < -0.39 is 7.12 Å². The van der Waals surface area contributed by atoms with Crippen LogP contribution in [0.2, 0.25) is 0 Å². The van der Waals surface area contributed by atoms with Crippen molar-refractivity contribution in [2.24, 2.45) is 0 Å². The summed E-state index contributed by atoms with van der Waals surface area (Å²) >= 11 is 0. The fourth-order valence-electron chi connectivity index (χ4n) is 2.11. The van der Waals surface area contributed by atoms with E-state index in [0.29, 0.717) is 5.69 Å². The molecule has 2 aromatic rings. The minimum Gasteiger partial charge on any atom is -0.424 e. The maximum absolute atomic E-state index is 13.1. The molecule has 2 rings (SSSR count). The van der Waals surface area contributed by atoms with Gasteiger partial charge in [0.15, 0.2) is 0 Å². The topological polar surface area (TPSA) is 56.6 Å². The van der Waals surface area contributed by atoms with Crippen LogP contribution in [0.15, 0.2) is 42.4 Å². The lowest BCUT2D eigenvalue weighted by Crippen LogP contribution is -2.27. The zero-order chi connectivity index (χ0) is 17.0. The molecule has 0 unspecified atom stereocenters. The van der Waals surface area contributed by atoms with Crippen LogP contribution < -0.4 is 4.90 Å². The number of pyridine rings is 1. The number of anilines is 1. The Labute approximate surface area is 136 Å². The number of nitrogens with zero attached hydrogens (tertiary/aromatic N) is 2. The molecule has 0 aliphatic rings. The van der Waals surface area contributed by atoms with E-state index in [1.807, 2.05) is 18.0 Å². The van der Waals surface area contributed by atoms with Crippen molar-refractivity contribution < 1.29 is 14.4 Å². The predicted octanol–water partition coefficient (Wildman–Crippen LogP) is 2.76. The van der Waals surface area contributed by atoms with Crippen LogP contribution in [-0.4, -0.2) is 35.2 Å². The molecule has 0 atom stereocenters. The third kappa shape index (κ3) is 4.40. The highest BCUT2D eigenvalue weighted by Gasteiger charge is 2.14. The zero-order valence-corrected chi connectivity index (χ0v) is 13.4. The van der Waals surface area contributed by atoms with Gasteiger partial charge in [0.1, 0.15) is 11.6 Å². The van der Waals surface area contributed by atoms with E-state index in [1.54, 1.807) is 24.3 Å². The van der Waals surface area contributed by atoms with E-state index in [0.717, 1.165) is 16.9 Å². The van der Waals surface area contributed by atoms with Gasteiger partial charge >= 0.3 is 7.12 Å². The molecule has 0 fully saturated rings. The number of rotatable bonds is 5. The average molecular weight is 314 g/mol. The SMILES string of the molecule is CC(C)N(C)c1nc(/C=C/B(O)O)ccc1-c1ccc(F)cc1. The Bertz CT molecular complexity index is 687. The Morgan fingerprint density at radius 1 is 1.13 bits per heavy atom. The van der Waals surface area contributed by atoms with Crippen molar-refractivity contribution in [1.29, 1.82) is 0 Å². The van der Waals surface area contributed by atoms with Crippen molar-refractivity contribution >= 4 is 19.0 Å². The highest BCUT2D eigenvalue weighted by Crippen LogP contribution is 2.30. The molecule has 1 heterocycles. The van der Waals surface area contributed by atoms with E-state index in [9.17, 15) is 4.39 Å². The molecule has 1 aromatic carbocycles. The second-order valence-electron chi connectivity index (χ2n) is 5.59. The van der Waals surface area contributed by atoms with Gasteiger partial charge in [-0.1, -0.05) is 18.1 Å². The molecule has 6 heteroatoms. The van der Waals surface area contributed by atoms with Crippen LogP contribution in [-0.2, 0) is 0 Å². The van der Waals surface area contributed by atoms with Gasteiger partial charge in [0.25, 0.3) is 0 Å². The van der Waals surface area contributed by atoms with E-state index >= 15 is 0 Å². The lowest BCUT2D eigenvalue weighted by molar-refractivity contribution is 0.424. The summed E-state index contributed by atoms with van der Waals surface area (Å²) in [6.07, 6.45) is 1.55. The fraction of sp³-hybridized carbons (Fsp3) is 0.235. The Kier molecular flexibility index (Phi) is 5.52. The van der Waals surface area contributed by atoms with Crippen molar-refractivity contribution in [3.63, 3.8) is 0 Å². The van der Waals surface area contributed by atoms with Crippen molar-refractivity contribution in [2.45, 2.75) is 19.9 Å². The maximum Gasteiger partial charge on any atom is 0.480 e. The molecule has 0 saturated heterocycles. The summed E-state index contributed by atoms with van der Waals surface area (Å²) in [5, 5.41) is 17.9. The van der Waals surface area contributed by atoms with Crippen LogP contribution in [0.3, 0.4) is 0 Å². The molecular weight excluding hydrogens is 294 g/mol. The fourth-order valence-corrected chi connectivity index (χ4v) is 2.11. The Morgan fingerprint density at radius 3 is 2.35 bits per heavy atom. The molecule has 0 radical (unpaired) electrons. The first-order valence-corrected chi connectivity index (χ1v) is 7.42. The minimum atomic E-state index is -1.51. The molecule has 1 aromatic heterocycles. The van der Waals surface area contributed by atoms with Crippen LogP contribution in [0, 0.1) is 5.82 Å². The van der Waals surface area contributed by atoms with Gasteiger partial charge in [-0.15, -0.1) is 0 Å². The van der Waals surface area contributed by atoms with Gasteiger partial charge in [0, 0.05) is 18.7 Å². The molecule has 120 valence electrons. The third-order valence-electron chi connectivity index (χ3n) is 3.60. The number of hydrogen-bond acceptors (Lipinski definition) is 4. The second-order valence-corrected chi connectivity index (χ2v) is 5.59. The number of hydrogen-bond donors (Lipinski definition) is 2. The number of halogens is 1. The molecule has 0 aliphatic heterocycles. The molecule has 23 heavy (non-hydrogen) atoms. The molecule has 0 spiro atoms. The molecule has 0 aliphatic carbocycles. The molecule has 2 N–H and O–H groups in total. The summed E-state index contributed by atoms with van der Waals surface area (Å²) in [6.45, 7) is 4.10. The standard InChI is InChI=1S/C17H20BFN2O2/c1-12(2)21(3)17-16(13-4-6-14(19)7-5-13)9-8-15(20-17)10-11-18(22)23/h4-12,22-23H,1-3H3/b11-10+. The van der Waals surface area contributed by atoms with E-state index in [2.05, 4.69) is 18.8 Å². The number of benzene rings is 1. The number of aromatic nitrogens is 1. The van der Waals surface area contributed by atoms with Gasteiger partial charge in [0.05, 0.1) is 5.69 Å². The largest absolute Gasteiger partial charge is 0.480 e. The van der Waals surface area contributed by atoms with Crippen molar-refractivity contribution in [1.82, 2.24) is 4.98 Å². The third-order valence-corrected chi connectivity index (χ3v) is 3.60. The normalized spacial score (nSPS) is 11.3. The van der Waals surface area contributed by atoms with Gasteiger partial charge in [-0.3, -0.25) is 0 Å². The van der Waals surface area contributed by atoms with Crippen LogP contribution in [0.25, 0.3) is 17.2 Å². The average Bonchev–Trinajstić information content (AvgIpc) is 2.52. The Hall–Kier alpha value is -2.18. The van der Waals surface area contributed by atoms with Crippen molar-refractivity contribution in [3.8, 4) is 11.1 Å². The van der Waals surface area contributed by atoms with E-state index in [1.165, 1.54) is 18.1 Å². The summed E-state index contributed by atoms with van der Waals surface area (Å²) in [7, 11) is 0.425. The Balaban J connectivity index is 2.50. The quantitative estimate of drug-likeness (QED) is 0.833. The summed E-state index contributed by atoms with van der Waals surface area (Å²) in [6, 6.07) is 10.2. The van der Waals surface area contributed by atoms with Gasteiger partial charge in [-0.25, -0.2) is 9.37 Å². The van der Waals surface area contributed by atoms with Crippen LogP contribution >= 0.6 is 0 Å². The van der Waals surface area contributed by atoms with Gasteiger partial charge < -0.3 is 14.9 Å². The van der Waals surface area contributed by atoms with Crippen molar-refractivity contribution in [2.75, 3.05) is 11.9 Å². The summed E-state index contributed by atoms with van der Waals surface area (Å²) < 4.78 is 13.1. The maximum atomic E-state index is 13.1. The van der Waals surface area contributed by atoms with Crippen LogP contribution in [0.1, 0.15) is 19.5 Å². The second kappa shape index (κ2) is 7.39. The summed E-state index contributed by atoms with van der Waals surface area (Å²) in [4.78, 5) is 6.61. The molecule has 0 saturated carbocycles. The van der Waals surface area contributed by atoms with E-state index in [-0.39, 0.29) is 11.9 Å². The lowest BCUT2D eigenvalue weighted by atomic mass is 9.91. The molecule has 0 amide bonds. The molecule has 4 nitrogen and oxygen atoms in total. The lowest BCUT2D eigenvalue weighted by Gasteiger charge is -2.25.